The summed E-state index contributed by atoms with van der Waals surface area (Å²) in [5.41, 5.74) is 0.179. The van der Waals surface area contributed by atoms with Crippen LogP contribution in [0.5, 0.6) is 0 Å². The smallest absolute Gasteiger partial charge is 0.408 e. The molecule has 37 heavy (non-hydrogen) atoms. The van der Waals surface area contributed by atoms with Gasteiger partial charge in [-0.1, -0.05) is 31.5 Å². The first-order chi connectivity index (χ1) is 17.2. The number of amides is 2. The van der Waals surface area contributed by atoms with Gasteiger partial charge in [0.1, 0.15) is 11.6 Å². The Labute approximate surface area is 222 Å². The molecule has 2 rings (SSSR count). The number of thiazole rings is 1. The number of guanidine groups is 1. The largest absolute Gasteiger partial charge is 0.444 e. The molecular formula is C24H36N6O5S2. The highest BCUT2D eigenvalue weighted by Gasteiger charge is 2.25. The summed E-state index contributed by atoms with van der Waals surface area (Å²) >= 11 is 1.36. The summed E-state index contributed by atoms with van der Waals surface area (Å²) in [6.07, 6.45) is 1.52. The van der Waals surface area contributed by atoms with Crippen LogP contribution in [0, 0.1) is 12.3 Å². The summed E-state index contributed by atoms with van der Waals surface area (Å²) in [4.78, 5) is 30.5. The van der Waals surface area contributed by atoms with Gasteiger partial charge in [-0.15, -0.1) is 11.3 Å². The molecule has 204 valence electrons. The van der Waals surface area contributed by atoms with Gasteiger partial charge in [0.2, 0.25) is 11.9 Å². The number of sulfonamides is 1. The van der Waals surface area contributed by atoms with Crippen LogP contribution >= 0.6 is 11.3 Å². The van der Waals surface area contributed by atoms with E-state index in [0.29, 0.717) is 11.6 Å². The molecule has 1 unspecified atom stereocenters. The molecule has 2 aromatic rings. The van der Waals surface area contributed by atoms with E-state index in [1.807, 2.05) is 20.8 Å². The number of rotatable bonds is 10. The lowest BCUT2D eigenvalue weighted by Crippen LogP contribution is -2.46. The molecule has 1 heterocycles. The number of carbonyl (C=O) groups is 2. The number of aromatic nitrogens is 1. The lowest BCUT2D eigenvalue weighted by atomic mass is 10.1. The maximum atomic E-state index is 12.9. The van der Waals surface area contributed by atoms with Gasteiger partial charge in [0.15, 0.2) is 5.13 Å². The Hall–Kier alpha value is -3.19. The van der Waals surface area contributed by atoms with Gasteiger partial charge >= 0.3 is 6.09 Å². The molecule has 5 N–H and O–H groups in total. The third kappa shape index (κ3) is 10.4. The van der Waals surface area contributed by atoms with Crippen molar-refractivity contribution in [2.45, 2.75) is 76.8 Å². The molecule has 1 atom stereocenters. The summed E-state index contributed by atoms with van der Waals surface area (Å²) < 4.78 is 32.3. The monoisotopic (exact) mass is 552 g/mol. The minimum Gasteiger partial charge on any atom is -0.444 e. The molecule has 0 spiro atoms. The summed E-state index contributed by atoms with van der Waals surface area (Å²) in [5, 5.41) is 16.3. The van der Waals surface area contributed by atoms with Crippen LogP contribution in [0.2, 0.25) is 0 Å². The molecule has 1 aromatic heterocycles. The average molecular weight is 553 g/mol. The Bertz CT molecular complexity index is 1190. The standard InChI is InChI=1S/C24H36N6O5S2/c1-15(2)19-14-27-22(36-19)29-20(31)18(28-23(32)35-24(4,5)6)8-7-13-26-21(25)30-37(33,34)17-11-9-16(3)10-12-17/h9-12,14-15,18H,7-8,13H2,1-6H3,(H,28,32)(H3,25,26,30)(H,27,29,31). The highest BCUT2D eigenvalue weighted by atomic mass is 32.2. The number of nitrogens with one attached hydrogen (secondary N) is 5. The fourth-order valence-corrected chi connectivity index (χ4v) is 4.76. The topological polar surface area (TPSA) is 162 Å². The van der Waals surface area contributed by atoms with Crippen molar-refractivity contribution < 1.29 is 22.7 Å². The van der Waals surface area contributed by atoms with Gasteiger partial charge in [0.25, 0.3) is 10.0 Å². The van der Waals surface area contributed by atoms with Crippen molar-refractivity contribution in [3.63, 3.8) is 0 Å². The second kappa shape index (κ2) is 12.9. The quantitative estimate of drug-likeness (QED) is 0.170. The van der Waals surface area contributed by atoms with E-state index in [1.165, 1.54) is 23.5 Å². The molecule has 0 aliphatic heterocycles. The zero-order valence-electron chi connectivity index (χ0n) is 22.0. The van der Waals surface area contributed by atoms with Gasteiger partial charge in [0.05, 0.1) is 4.90 Å². The van der Waals surface area contributed by atoms with Crippen LogP contribution in [0.25, 0.3) is 0 Å². The van der Waals surface area contributed by atoms with Gasteiger partial charge in [-0.05, 0) is 58.6 Å². The first kappa shape index (κ1) is 30.0. The molecule has 0 saturated carbocycles. The predicted octanol–water partition coefficient (Wildman–Crippen LogP) is 3.69. The van der Waals surface area contributed by atoms with Gasteiger partial charge < -0.3 is 20.7 Å². The average Bonchev–Trinajstić information content (AvgIpc) is 3.23. The predicted molar refractivity (Wildman–Crippen MR) is 144 cm³/mol. The maximum absolute atomic E-state index is 12.9. The van der Waals surface area contributed by atoms with Crippen molar-refractivity contribution in [3.05, 3.63) is 40.9 Å². The number of ether oxygens (including phenoxy) is 1. The fraction of sp³-hybridized carbons (Fsp3) is 0.500. The van der Waals surface area contributed by atoms with E-state index in [-0.39, 0.29) is 23.8 Å². The van der Waals surface area contributed by atoms with Crippen LogP contribution < -0.4 is 20.7 Å². The molecule has 11 nitrogen and oxygen atoms in total. The number of anilines is 1. The van der Waals surface area contributed by atoms with Crippen LogP contribution in [0.3, 0.4) is 0 Å². The number of benzene rings is 1. The highest BCUT2D eigenvalue weighted by Crippen LogP contribution is 2.25. The van der Waals surface area contributed by atoms with Crippen molar-refractivity contribution in [2.75, 3.05) is 11.9 Å². The molecule has 0 saturated heterocycles. The Morgan fingerprint density at radius 1 is 1.16 bits per heavy atom. The summed E-state index contributed by atoms with van der Waals surface area (Å²) in [5.74, 6) is -0.583. The van der Waals surface area contributed by atoms with E-state index in [1.54, 1.807) is 39.1 Å². The fourth-order valence-electron chi connectivity index (χ4n) is 2.99. The molecule has 0 aliphatic carbocycles. The van der Waals surface area contributed by atoms with Gasteiger partial charge in [-0.2, -0.15) is 0 Å². The van der Waals surface area contributed by atoms with Crippen molar-refractivity contribution in [1.29, 1.82) is 5.41 Å². The Balaban J connectivity index is 1.94. The number of carbonyl (C=O) groups excluding carboxylic acids is 2. The van der Waals surface area contributed by atoms with Crippen molar-refractivity contribution in [2.24, 2.45) is 0 Å². The van der Waals surface area contributed by atoms with E-state index in [9.17, 15) is 18.0 Å². The maximum Gasteiger partial charge on any atom is 0.408 e. The lowest BCUT2D eigenvalue weighted by molar-refractivity contribution is -0.118. The Kier molecular flexibility index (Phi) is 10.4. The van der Waals surface area contributed by atoms with Crippen molar-refractivity contribution in [1.82, 2.24) is 20.3 Å². The Morgan fingerprint density at radius 2 is 1.81 bits per heavy atom. The first-order valence-electron chi connectivity index (χ1n) is 11.8. The molecule has 0 bridgehead atoms. The number of alkyl carbamates (subject to hydrolysis) is 1. The zero-order valence-corrected chi connectivity index (χ0v) is 23.6. The summed E-state index contributed by atoms with van der Waals surface area (Å²) in [7, 11) is -3.90. The van der Waals surface area contributed by atoms with Crippen LogP contribution in [0.4, 0.5) is 9.93 Å². The van der Waals surface area contributed by atoms with E-state index in [4.69, 9.17) is 10.1 Å². The van der Waals surface area contributed by atoms with Crippen LogP contribution in [0.15, 0.2) is 35.4 Å². The normalized spacial score (nSPS) is 12.5. The third-order valence-corrected chi connectivity index (χ3v) is 7.45. The summed E-state index contributed by atoms with van der Waals surface area (Å²) in [6, 6.07) is 5.33. The lowest BCUT2D eigenvalue weighted by Gasteiger charge is -2.23. The second-order valence-corrected chi connectivity index (χ2v) is 12.5. The van der Waals surface area contributed by atoms with Gasteiger partial charge in [-0.25, -0.2) is 22.9 Å². The summed E-state index contributed by atoms with van der Waals surface area (Å²) in [6.45, 7) is 11.2. The van der Waals surface area contributed by atoms with E-state index >= 15 is 0 Å². The van der Waals surface area contributed by atoms with Crippen LogP contribution in [-0.2, 0) is 19.6 Å². The van der Waals surface area contributed by atoms with Gasteiger partial charge in [-0.3, -0.25) is 10.2 Å². The van der Waals surface area contributed by atoms with Crippen LogP contribution in [0.1, 0.15) is 63.8 Å². The molecular weight excluding hydrogens is 516 g/mol. The molecule has 2 amide bonds. The molecule has 1 aromatic carbocycles. The molecule has 0 fully saturated rings. The molecule has 13 heteroatoms. The van der Waals surface area contributed by atoms with E-state index in [2.05, 4.69) is 25.7 Å². The molecule has 0 radical (unpaired) electrons. The second-order valence-electron chi connectivity index (χ2n) is 9.77. The number of hydrogen-bond donors (Lipinski definition) is 5. The van der Waals surface area contributed by atoms with Gasteiger partial charge in [0, 0.05) is 17.6 Å². The van der Waals surface area contributed by atoms with Crippen molar-refractivity contribution >= 4 is 44.5 Å². The van der Waals surface area contributed by atoms with E-state index < -0.39 is 39.6 Å². The molecule has 0 aliphatic rings. The Morgan fingerprint density at radius 3 is 2.38 bits per heavy atom. The minimum absolute atomic E-state index is 0.0470. The van der Waals surface area contributed by atoms with E-state index in [0.717, 1.165) is 10.4 Å². The first-order valence-corrected chi connectivity index (χ1v) is 14.1. The SMILES string of the molecule is Cc1ccc(S(=O)(=O)NC(=N)NCCCC(NC(=O)OC(C)(C)C)C(=O)Nc2ncc(C(C)C)s2)cc1. The zero-order chi connectivity index (χ0) is 27.8. The number of nitrogens with zero attached hydrogens (tertiary/aromatic N) is 1. The van der Waals surface area contributed by atoms with Crippen LogP contribution in [-0.4, -0.2) is 49.5 Å². The van der Waals surface area contributed by atoms with Crippen molar-refractivity contribution in [3.8, 4) is 0 Å². The highest BCUT2D eigenvalue weighted by molar-refractivity contribution is 7.90. The number of aryl methyl sites for hydroxylation is 1. The number of hydrogen-bond acceptors (Lipinski definition) is 8. The third-order valence-electron chi connectivity index (χ3n) is 4.87. The minimum atomic E-state index is -3.90.